The fourth-order valence-electron chi connectivity index (χ4n) is 3.83. The fourth-order valence-corrected chi connectivity index (χ4v) is 5.32. The van der Waals surface area contributed by atoms with Gasteiger partial charge in [-0.3, -0.25) is 4.79 Å². The molecule has 1 N–H and O–H groups in total. The lowest BCUT2D eigenvalue weighted by Crippen LogP contribution is -2.42. The molecule has 3 rings (SSSR count). The summed E-state index contributed by atoms with van der Waals surface area (Å²) >= 11 is 0. The van der Waals surface area contributed by atoms with E-state index in [2.05, 4.69) is 11.4 Å². The van der Waals surface area contributed by atoms with Crippen LogP contribution in [0.15, 0.2) is 47.4 Å². The molecule has 0 unspecified atom stereocenters. The molecule has 0 saturated heterocycles. The Hall–Kier alpha value is -2.38. The maximum Gasteiger partial charge on any atom is 0.243 e. The zero-order valence-corrected chi connectivity index (χ0v) is 18.0. The first-order chi connectivity index (χ1) is 13.9. The van der Waals surface area contributed by atoms with E-state index in [1.54, 1.807) is 33.1 Å². The van der Waals surface area contributed by atoms with E-state index in [9.17, 15) is 13.2 Å². The number of rotatable bonds is 7. The Morgan fingerprint density at radius 2 is 2.00 bits per heavy atom. The van der Waals surface area contributed by atoms with Gasteiger partial charge in [-0.05, 0) is 61.1 Å². The van der Waals surface area contributed by atoms with Crippen molar-refractivity contribution >= 4 is 15.9 Å². The summed E-state index contributed by atoms with van der Waals surface area (Å²) in [7, 11) is -2.23. The minimum Gasteiger partial charge on any atom is -0.496 e. The summed E-state index contributed by atoms with van der Waals surface area (Å²) in [6.07, 6.45) is 2.87. The van der Waals surface area contributed by atoms with Crippen LogP contribution in [0.1, 0.15) is 42.5 Å². The number of carbonyl (C=O) groups is 1. The third kappa shape index (κ3) is 4.62. The molecular formula is C22H28N2O4S. The third-order valence-corrected chi connectivity index (χ3v) is 7.30. The molecule has 1 amide bonds. The molecule has 0 aromatic heterocycles. The molecule has 29 heavy (non-hydrogen) atoms. The quantitative estimate of drug-likeness (QED) is 0.752. The van der Waals surface area contributed by atoms with Crippen molar-refractivity contribution in [2.75, 3.05) is 20.2 Å². The molecule has 0 heterocycles. The summed E-state index contributed by atoms with van der Waals surface area (Å²) in [5.74, 6) is 0.336. The van der Waals surface area contributed by atoms with Gasteiger partial charge in [0.05, 0.1) is 24.6 Å². The number of methoxy groups -OCH3 is 1. The molecule has 1 aliphatic carbocycles. The Morgan fingerprint density at radius 1 is 1.24 bits per heavy atom. The number of hydrogen-bond acceptors (Lipinski definition) is 4. The monoisotopic (exact) mass is 416 g/mol. The van der Waals surface area contributed by atoms with Crippen LogP contribution in [-0.2, 0) is 21.2 Å². The van der Waals surface area contributed by atoms with Crippen LogP contribution >= 0.6 is 0 Å². The van der Waals surface area contributed by atoms with Gasteiger partial charge in [0.25, 0.3) is 0 Å². The second kappa shape index (κ2) is 8.97. The number of sulfonamides is 1. The molecule has 2 aromatic rings. The third-order valence-electron chi connectivity index (χ3n) is 5.38. The van der Waals surface area contributed by atoms with Gasteiger partial charge in [0.15, 0.2) is 0 Å². The molecule has 0 saturated carbocycles. The second-order valence-electron chi connectivity index (χ2n) is 7.27. The Balaban J connectivity index is 1.74. The molecule has 0 radical (unpaired) electrons. The number of benzene rings is 2. The molecule has 1 aliphatic rings. The first kappa shape index (κ1) is 21.3. The van der Waals surface area contributed by atoms with Gasteiger partial charge in [-0.1, -0.05) is 31.2 Å². The number of nitrogens with zero attached hydrogens (tertiary/aromatic N) is 1. The van der Waals surface area contributed by atoms with Gasteiger partial charge in [0.2, 0.25) is 15.9 Å². The van der Waals surface area contributed by atoms with Crippen molar-refractivity contribution < 1.29 is 17.9 Å². The minimum absolute atomic E-state index is 0.0721. The summed E-state index contributed by atoms with van der Waals surface area (Å²) in [6, 6.07) is 12.7. The standard InChI is InChI=1S/C22H28N2O4S/c1-4-24(29(26,27)18-12-13-21(28-3)16(2)14-18)15-22(25)23-20-11-7-9-17-8-5-6-10-19(17)20/h5-6,8,10,12-14,20H,4,7,9,11,15H2,1-3H3,(H,23,25)/t20-/m1/s1. The van der Waals surface area contributed by atoms with Crippen LogP contribution in [0.25, 0.3) is 0 Å². The van der Waals surface area contributed by atoms with Crippen LogP contribution in [0.2, 0.25) is 0 Å². The van der Waals surface area contributed by atoms with Crippen molar-refractivity contribution in [3.8, 4) is 5.75 Å². The highest BCUT2D eigenvalue weighted by Gasteiger charge is 2.28. The lowest BCUT2D eigenvalue weighted by atomic mass is 9.88. The van der Waals surface area contributed by atoms with Gasteiger partial charge in [-0.15, -0.1) is 0 Å². The average Bonchev–Trinajstić information content (AvgIpc) is 2.72. The Bertz CT molecular complexity index is 988. The SMILES string of the molecule is CCN(CC(=O)N[C@@H]1CCCc2ccccc21)S(=O)(=O)c1ccc(OC)c(C)c1. The molecule has 0 aliphatic heterocycles. The Kier molecular flexibility index (Phi) is 6.59. The Morgan fingerprint density at radius 3 is 2.69 bits per heavy atom. The lowest BCUT2D eigenvalue weighted by Gasteiger charge is -2.27. The second-order valence-corrected chi connectivity index (χ2v) is 9.21. The highest BCUT2D eigenvalue weighted by atomic mass is 32.2. The van der Waals surface area contributed by atoms with E-state index in [0.717, 1.165) is 30.4 Å². The molecule has 2 aromatic carbocycles. The van der Waals surface area contributed by atoms with Crippen LogP contribution in [0.4, 0.5) is 0 Å². The number of hydrogen-bond donors (Lipinski definition) is 1. The number of fused-ring (bicyclic) bond motifs is 1. The smallest absolute Gasteiger partial charge is 0.243 e. The van der Waals surface area contributed by atoms with Crippen molar-refractivity contribution in [2.24, 2.45) is 0 Å². The van der Waals surface area contributed by atoms with E-state index >= 15 is 0 Å². The highest BCUT2D eigenvalue weighted by Crippen LogP contribution is 2.29. The summed E-state index contributed by atoms with van der Waals surface area (Å²) in [5.41, 5.74) is 3.11. The maximum atomic E-state index is 13.0. The molecule has 1 atom stereocenters. The molecule has 6 nitrogen and oxygen atoms in total. The predicted octanol–water partition coefficient (Wildman–Crippen LogP) is 3.21. The number of likely N-dealkylation sites (N-methyl/N-ethyl adjacent to an activating group) is 1. The average molecular weight is 417 g/mol. The van der Waals surface area contributed by atoms with Crippen LogP contribution in [-0.4, -0.2) is 38.8 Å². The van der Waals surface area contributed by atoms with E-state index in [1.807, 2.05) is 18.2 Å². The van der Waals surface area contributed by atoms with Gasteiger partial charge in [-0.25, -0.2) is 8.42 Å². The Labute approximate surface area is 172 Å². The highest BCUT2D eigenvalue weighted by molar-refractivity contribution is 7.89. The van der Waals surface area contributed by atoms with Crippen molar-refractivity contribution in [1.29, 1.82) is 0 Å². The van der Waals surface area contributed by atoms with Crippen LogP contribution in [0.5, 0.6) is 5.75 Å². The van der Waals surface area contributed by atoms with Crippen LogP contribution in [0, 0.1) is 6.92 Å². The van der Waals surface area contributed by atoms with E-state index in [0.29, 0.717) is 5.75 Å². The van der Waals surface area contributed by atoms with Gasteiger partial charge in [0, 0.05) is 6.54 Å². The van der Waals surface area contributed by atoms with E-state index in [4.69, 9.17) is 4.74 Å². The molecule has 156 valence electrons. The molecular weight excluding hydrogens is 388 g/mol. The largest absolute Gasteiger partial charge is 0.496 e. The molecule has 0 bridgehead atoms. The van der Waals surface area contributed by atoms with E-state index < -0.39 is 10.0 Å². The van der Waals surface area contributed by atoms with E-state index in [-0.39, 0.29) is 29.9 Å². The number of aryl methyl sites for hydroxylation is 2. The number of carbonyl (C=O) groups excluding carboxylic acids is 1. The first-order valence-electron chi connectivity index (χ1n) is 9.88. The number of ether oxygens (including phenoxy) is 1. The maximum absolute atomic E-state index is 13.0. The van der Waals surface area contributed by atoms with Gasteiger partial charge in [0.1, 0.15) is 5.75 Å². The summed E-state index contributed by atoms with van der Waals surface area (Å²) in [4.78, 5) is 12.9. The molecule has 7 heteroatoms. The fraction of sp³-hybridized carbons (Fsp3) is 0.409. The number of amides is 1. The van der Waals surface area contributed by atoms with E-state index in [1.165, 1.54) is 15.9 Å². The van der Waals surface area contributed by atoms with Gasteiger partial charge < -0.3 is 10.1 Å². The van der Waals surface area contributed by atoms with Crippen LogP contribution in [0.3, 0.4) is 0 Å². The zero-order chi connectivity index (χ0) is 21.0. The molecule has 0 fully saturated rings. The summed E-state index contributed by atoms with van der Waals surface area (Å²) < 4.78 is 32.5. The zero-order valence-electron chi connectivity index (χ0n) is 17.1. The van der Waals surface area contributed by atoms with Crippen molar-refractivity contribution in [3.05, 3.63) is 59.2 Å². The van der Waals surface area contributed by atoms with Gasteiger partial charge in [-0.2, -0.15) is 4.31 Å². The first-order valence-corrected chi connectivity index (χ1v) is 11.3. The van der Waals surface area contributed by atoms with Gasteiger partial charge >= 0.3 is 0 Å². The topological polar surface area (TPSA) is 75.7 Å². The predicted molar refractivity (Wildman–Crippen MR) is 112 cm³/mol. The lowest BCUT2D eigenvalue weighted by molar-refractivity contribution is -0.122. The summed E-state index contributed by atoms with van der Waals surface area (Å²) in [6.45, 7) is 3.53. The summed E-state index contributed by atoms with van der Waals surface area (Å²) in [5, 5.41) is 3.03. The minimum atomic E-state index is -3.78. The number of nitrogens with one attached hydrogen (secondary N) is 1. The normalized spacial score (nSPS) is 16.3. The van der Waals surface area contributed by atoms with Crippen molar-refractivity contribution in [3.63, 3.8) is 0 Å². The van der Waals surface area contributed by atoms with Crippen LogP contribution < -0.4 is 10.1 Å². The van der Waals surface area contributed by atoms with Crippen molar-refractivity contribution in [2.45, 2.75) is 44.0 Å². The molecule has 0 spiro atoms. The van der Waals surface area contributed by atoms with Crippen molar-refractivity contribution in [1.82, 2.24) is 9.62 Å².